The Morgan fingerprint density at radius 2 is 1.52 bits per heavy atom. The number of nitrogens with zero attached hydrogens (tertiary/aromatic N) is 1. The second kappa shape index (κ2) is 9.15. The Morgan fingerprint density at radius 3 is 2.07 bits per heavy atom. The van der Waals surface area contributed by atoms with Crippen LogP contribution in [0.4, 0.5) is 0 Å². The highest BCUT2D eigenvalue weighted by molar-refractivity contribution is 6.05. The van der Waals surface area contributed by atoms with Gasteiger partial charge in [0.1, 0.15) is 5.75 Å². The zero-order valence-corrected chi connectivity index (χ0v) is 17.2. The molecule has 0 unspecified atom stereocenters. The summed E-state index contributed by atoms with van der Waals surface area (Å²) in [5, 5.41) is 2.81. The Balaban J connectivity index is 1.57. The van der Waals surface area contributed by atoms with Gasteiger partial charge in [-0.1, -0.05) is 12.8 Å². The van der Waals surface area contributed by atoms with Crippen LogP contribution in [-0.2, 0) is 20.9 Å². The number of carbonyl (C=O) groups is 3. The minimum atomic E-state index is -0.239. The van der Waals surface area contributed by atoms with E-state index in [1.807, 2.05) is 0 Å². The molecule has 1 aliphatic carbocycles. The van der Waals surface area contributed by atoms with Crippen LogP contribution in [0, 0.1) is 11.8 Å². The van der Waals surface area contributed by atoms with Crippen LogP contribution in [0.1, 0.15) is 37.7 Å². The van der Waals surface area contributed by atoms with E-state index in [9.17, 15) is 14.4 Å². The van der Waals surface area contributed by atoms with E-state index in [1.165, 1.54) is 26.2 Å². The lowest BCUT2D eigenvalue weighted by Gasteiger charge is -2.19. The van der Waals surface area contributed by atoms with E-state index in [-0.39, 0.29) is 49.1 Å². The van der Waals surface area contributed by atoms with Crippen LogP contribution in [0.25, 0.3) is 0 Å². The first-order chi connectivity index (χ1) is 14.0. The average molecular weight is 404 g/mol. The molecule has 8 nitrogen and oxygen atoms in total. The summed E-state index contributed by atoms with van der Waals surface area (Å²) in [6.45, 7) is 0.356. The molecule has 0 aromatic heterocycles. The standard InChI is InChI=1S/C21H28N2O6/c1-27-16-11-18(29-3)17(28-2)10-13(16)12-22-19(24)8-9-23-20(25)14-6-4-5-7-15(14)21(23)26/h10-11,14-15H,4-9,12H2,1-3H3,(H,22,24)/t14-,15-/m0/s1. The quantitative estimate of drug-likeness (QED) is 0.665. The molecule has 0 radical (unpaired) electrons. The fourth-order valence-electron chi connectivity index (χ4n) is 4.18. The van der Waals surface area contributed by atoms with Crippen LogP contribution < -0.4 is 19.5 Å². The first-order valence-corrected chi connectivity index (χ1v) is 9.91. The maximum Gasteiger partial charge on any atom is 0.233 e. The first kappa shape index (κ1) is 21.0. The maximum atomic E-state index is 12.5. The van der Waals surface area contributed by atoms with Gasteiger partial charge in [0, 0.05) is 31.1 Å². The zero-order chi connectivity index (χ0) is 21.0. The smallest absolute Gasteiger partial charge is 0.233 e. The molecular weight excluding hydrogens is 376 g/mol. The normalized spacial score (nSPS) is 21.0. The fraction of sp³-hybridized carbons (Fsp3) is 0.571. The molecule has 1 aliphatic heterocycles. The number of likely N-dealkylation sites (tertiary alicyclic amines) is 1. The number of rotatable bonds is 8. The molecule has 3 amide bonds. The molecule has 29 heavy (non-hydrogen) atoms. The van der Waals surface area contributed by atoms with Gasteiger partial charge in [0.05, 0.1) is 33.2 Å². The number of benzene rings is 1. The summed E-state index contributed by atoms with van der Waals surface area (Å²) < 4.78 is 15.9. The molecule has 2 fully saturated rings. The van der Waals surface area contributed by atoms with Crippen molar-refractivity contribution in [1.82, 2.24) is 10.2 Å². The molecule has 1 N–H and O–H groups in total. The van der Waals surface area contributed by atoms with Crippen molar-refractivity contribution < 1.29 is 28.6 Å². The lowest BCUT2D eigenvalue weighted by atomic mass is 9.81. The van der Waals surface area contributed by atoms with Gasteiger partial charge in [-0.25, -0.2) is 0 Å². The van der Waals surface area contributed by atoms with Gasteiger partial charge in [-0.05, 0) is 18.9 Å². The number of amides is 3. The van der Waals surface area contributed by atoms with E-state index >= 15 is 0 Å². The third-order valence-electron chi connectivity index (χ3n) is 5.76. The van der Waals surface area contributed by atoms with Crippen LogP contribution >= 0.6 is 0 Å². The molecular formula is C21H28N2O6. The molecule has 2 atom stereocenters. The van der Waals surface area contributed by atoms with E-state index in [4.69, 9.17) is 14.2 Å². The van der Waals surface area contributed by atoms with Gasteiger partial charge < -0.3 is 19.5 Å². The van der Waals surface area contributed by atoms with E-state index in [0.717, 1.165) is 31.2 Å². The summed E-state index contributed by atoms with van der Waals surface area (Å²) in [7, 11) is 4.61. The monoisotopic (exact) mass is 404 g/mol. The minimum Gasteiger partial charge on any atom is -0.496 e. The number of hydrogen-bond acceptors (Lipinski definition) is 6. The molecule has 1 saturated carbocycles. The van der Waals surface area contributed by atoms with E-state index in [2.05, 4.69) is 5.32 Å². The summed E-state index contributed by atoms with van der Waals surface area (Å²) >= 11 is 0. The molecule has 1 aromatic rings. The Labute approximate surface area is 170 Å². The molecule has 2 aliphatic rings. The van der Waals surface area contributed by atoms with Crippen LogP contribution in [0.3, 0.4) is 0 Å². The zero-order valence-electron chi connectivity index (χ0n) is 17.2. The first-order valence-electron chi connectivity index (χ1n) is 9.91. The molecule has 3 rings (SSSR count). The number of imide groups is 1. The molecule has 1 saturated heterocycles. The van der Waals surface area contributed by atoms with E-state index < -0.39 is 0 Å². The fourth-order valence-corrected chi connectivity index (χ4v) is 4.18. The van der Waals surface area contributed by atoms with E-state index in [1.54, 1.807) is 12.1 Å². The van der Waals surface area contributed by atoms with Crippen molar-refractivity contribution in [2.45, 2.75) is 38.6 Å². The van der Waals surface area contributed by atoms with Gasteiger partial charge in [-0.15, -0.1) is 0 Å². The molecule has 1 heterocycles. The van der Waals surface area contributed by atoms with Crippen molar-refractivity contribution in [2.75, 3.05) is 27.9 Å². The lowest BCUT2D eigenvalue weighted by Crippen LogP contribution is -2.35. The lowest BCUT2D eigenvalue weighted by molar-refractivity contribution is -0.140. The second-order valence-corrected chi connectivity index (χ2v) is 7.37. The summed E-state index contributed by atoms with van der Waals surface area (Å²) in [5.74, 6) is 0.795. The predicted molar refractivity (Wildman–Crippen MR) is 105 cm³/mol. The number of carbonyl (C=O) groups excluding carboxylic acids is 3. The number of fused-ring (bicyclic) bond motifs is 1. The van der Waals surface area contributed by atoms with Crippen LogP contribution in [-0.4, -0.2) is 50.5 Å². The largest absolute Gasteiger partial charge is 0.496 e. The summed E-state index contributed by atoms with van der Waals surface area (Å²) in [6.07, 6.45) is 3.60. The molecule has 8 heteroatoms. The number of methoxy groups -OCH3 is 3. The highest BCUT2D eigenvalue weighted by Gasteiger charge is 2.47. The van der Waals surface area contributed by atoms with Gasteiger partial charge in [0.2, 0.25) is 17.7 Å². The van der Waals surface area contributed by atoms with Gasteiger partial charge in [-0.3, -0.25) is 19.3 Å². The Kier molecular flexibility index (Phi) is 6.61. The second-order valence-electron chi connectivity index (χ2n) is 7.37. The summed E-state index contributed by atoms with van der Waals surface area (Å²) in [4.78, 5) is 38.6. The number of nitrogens with one attached hydrogen (secondary N) is 1. The summed E-state index contributed by atoms with van der Waals surface area (Å²) in [6, 6.07) is 3.44. The average Bonchev–Trinajstić information content (AvgIpc) is 3.00. The number of ether oxygens (including phenoxy) is 3. The van der Waals surface area contributed by atoms with Crippen LogP contribution in [0.15, 0.2) is 12.1 Å². The Hall–Kier alpha value is -2.77. The number of hydrogen-bond donors (Lipinski definition) is 1. The van der Waals surface area contributed by atoms with Crippen molar-refractivity contribution in [2.24, 2.45) is 11.8 Å². The van der Waals surface area contributed by atoms with Crippen molar-refractivity contribution in [3.05, 3.63) is 17.7 Å². The van der Waals surface area contributed by atoms with Gasteiger partial charge in [-0.2, -0.15) is 0 Å². The maximum absolute atomic E-state index is 12.5. The van der Waals surface area contributed by atoms with Crippen molar-refractivity contribution in [3.63, 3.8) is 0 Å². The summed E-state index contributed by atoms with van der Waals surface area (Å²) in [5.41, 5.74) is 0.734. The van der Waals surface area contributed by atoms with Gasteiger partial charge in [0.15, 0.2) is 11.5 Å². The molecule has 158 valence electrons. The SMILES string of the molecule is COc1cc(OC)c(OC)cc1CNC(=O)CCN1C(=O)[C@H]2CCCC[C@@H]2C1=O. The topological polar surface area (TPSA) is 94.2 Å². The van der Waals surface area contributed by atoms with E-state index in [0.29, 0.717) is 17.2 Å². The molecule has 0 spiro atoms. The van der Waals surface area contributed by atoms with Gasteiger partial charge in [0.25, 0.3) is 0 Å². The third kappa shape index (κ3) is 4.31. The van der Waals surface area contributed by atoms with Crippen molar-refractivity contribution in [3.8, 4) is 17.2 Å². The predicted octanol–water partition coefficient (Wildman–Crippen LogP) is 1.89. The third-order valence-corrected chi connectivity index (χ3v) is 5.76. The minimum absolute atomic E-state index is 0.0759. The van der Waals surface area contributed by atoms with Crippen molar-refractivity contribution in [1.29, 1.82) is 0 Å². The Bertz CT molecular complexity index is 770. The highest BCUT2D eigenvalue weighted by atomic mass is 16.5. The van der Waals surface area contributed by atoms with Gasteiger partial charge >= 0.3 is 0 Å². The highest BCUT2D eigenvalue weighted by Crippen LogP contribution is 2.38. The molecule has 0 bridgehead atoms. The Morgan fingerprint density at radius 1 is 0.966 bits per heavy atom. The van der Waals surface area contributed by atoms with Crippen molar-refractivity contribution >= 4 is 17.7 Å². The van der Waals surface area contributed by atoms with Crippen LogP contribution in [0.5, 0.6) is 17.2 Å². The molecule has 1 aromatic carbocycles. The van der Waals surface area contributed by atoms with Crippen LogP contribution in [0.2, 0.25) is 0 Å².